The number of amides is 1. The first-order chi connectivity index (χ1) is 12.3. The molecule has 1 aromatic rings. The molecule has 0 aromatic heterocycles. The minimum absolute atomic E-state index is 0.154. The summed E-state index contributed by atoms with van der Waals surface area (Å²) >= 11 is 0. The molecule has 0 aliphatic carbocycles. The number of piperidine rings is 1. The van der Waals surface area contributed by atoms with E-state index in [1.807, 2.05) is 51.1 Å². The van der Waals surface area contributed by atoms with Gasteiger partial charge in [-0.2, -0.15) is 0 Å². The van der Waals surface area contributed by atoms with Crippen LogP contribution < -0.4 is 0 Å². The lowest BCUT2D eigenvalue weighted by Crippen LogP contribution is -2.60. The van der Waals surface area contributed by atoms with E-state index in [1.54, 1.807) is 4.90 Å². The molecule has 0 unspecified atom stereocenters. The molecule has 0 radical (unpaired) electrons. The largest absolute Gasteiger partial charge is 0.444 e. The molecule has 1 N–H and O–H groups in total. The molecule has 2 fully saturated rings. The molecule has 0 bridgehead atoms. The molecule has 2 aliphatic heterocycles. The highest BCUT2D eigenvalue weighted by Crippen LogP contribution is 2.39. The lowest BCUT2D eigenvalue weighted by molar-refractivity contribution is -0.208. The molecule has 6 nitrogen and oxygen atoms in total. The molecular weight excluding hydrogens is 334 g/mol. The summed E-state index contributed by atoms with van der Waals surface area (Å²) in [6.07, 6.45) is 1.28. The molecule has 0 saturated carbocycles. The van der Waals surface area contributed by atoms with Gasteiger partial charge in [0.25, 0.3) is 0 Å². The van der Waals surface area contributed by atoms with Crippen LogP contribution in [0.2, 0.25) is 0 Å². The summed E-state index contributed by atoms with van der Waals surface area (Å²) in [5, 5.41) is 9.98. The Morgan fingerprint density at radius 1 is 1.19 bits per heavy atom. The quantitative estimate of drug-likeness (QED) is 0.894. The van der Waals surface area contributed by atoms with Gasteiger partial charge in [-0.3, -0.25) is 4.90 Å². The molecule has 144 valence electrons. The zero-order valence-electron chi connectivity index (χ0n) is 15.8. The van der Waals surface area contributed by atoms with Gasteiger partial charge in [0.15, 0.2) is 5.79 Å². The topological polar surface area (TPSA) is 68.2 Å². The van der Waals surface area contributed by atoms with Gasteiger partial charge < -0.3 is 19.3 Å². The van der Waals surface area contributed by atoms with Crippen LogP contribution in [0.5, 0.6) is 0 Å². The number of likely N-dealkylation sites (tertiary alicyclic amines) is 1. The molecule has 2 atom stereocenters. The number of rotatable bonds is 3. The first kappa shape index (κ1) is 19.1. The lowest BCUT2D eigenvalue weighted by atomic mass is 9.87. The fraction of sp³-hybridized carbons (Fsp3) is 0.650. The van der Waals surface area contributed by atoms with Crippen LogP contribution in [0.15, 0.2) is 30.3 Å². The second-order valence-corrected chi connectivity index (χ2v) is 8.08. The van der Waals surface area contributed by atoms with E-state index in [4.69, 9.17) is 14.2 Å². The van der Waals surface area contributed by atoms with E-state index in [1.165, 1.54) is 0 Å². The van der Waals surface area contributed by atoms with Crippen molar-refractivity contribution >= 4 is 6.09 Å². The van der Waals surface area contributed by atoms with Crippen molar-refractivity contribution in [1.82, 2.24) is 4.90 Å². The maximum Gasteiger partial charge on any atom is 0.410 e. The average molecular weight is 363 g/mol. The van der Waals surface area contributed by atoms with Gasteiger partial charge in [-0.15, -0.1) is 0 Å². The molecule has 26 heavy (non-hydrogen) atoms. The van der Waals surface area contributed by atoms with Crippen molar-refractivity contribution in [1.29, 1.82) is 0 Å². The lowest BCUT2D eigenvalue weighted by Gasteiger charge is -2.48. The van der Waals surface area contributed by atoms with Crippen LogP contribution in [0.4, 0.5) is 4.79 Å². The van der Waals surface area contributed by atoms with E-state index in [0.29, 0.717) is 32.5 Å². The average Bonchev–Trinajstić information content (AvgIpc) is 3.01. The van der Waals surface area contributed by atoms with E-state index in [9.17, 15) is 9.90 Å². The Labute approximate surface area is 155 Å². The van der Waals surface area contributed by atoms with Gasteiger partial charge in [0.05, 0.1) is 25.9 Å². The number of benzene rings is 1. The molecule has 2 aliphatic rings. The van der Waals surface area contributed by atoms with E-state index in [2.05, 4.69) is 0 Å². The Morgan fingerprint density at radius 2 is 1.81 bits per heavy atom. The summed E-state index contributed by atoms with van der Waals surface area (Å²) in [5.74, 6) is -0.717. The number of hydrogen-bond donors (Lipinski definition) is 1. The van der Waals surface area contributed by atoms with Crippen LogP contribution in [-0.2, 0) is 20.6 Å². The fourth-order valence-corrected chi connectivity index (χ4v) is 3.85. The molecule has 2 heterocycles. The Kier molecular flexibility index (Phi) is 5.55. The van der Waals surface area contributed by atoms with E-state index < -0.39 is 23.5 Å². The summed E-state index contributed by atoms with van der Waals surface area (Å²) < 4.78 is 17.4. The van der Waals surface area contributed by atoms with Crippen LogP contribution in [0.1, 0.15) is 39.2 Å². The normalized spacial score (nSPS) is 25.5. The summed E-state index contributed by atoms with van der Waals surface area (Å²) in [5.41, 5.74) is 0.530. The van der Waals surface area contributed by atoms with Crippen LogP contribution in [0.25, 0.3) is 0 Å². The predicted molar refractivity (Wildman–Crippen MR) is 96.7 cm³/mol. The van der Waals surface area contributed by atoms with Crippen LogP contribution >= 0.6 is 0 Å². The second-order valence-electron chi connectivity index (χ2n) is 8.08. The fourth-order valence-electron chi connectivity index (χ4n) is 3.85. The smallest absolute Gasteiger partial charge is 0.410 e. The van der Waals surface area contributed by atoms with Crippen LogP contribution in [-0.4, -0.2) is 59.4 Å². The van der Waals surface area contributed by atoms with E-state index >= 15 is 0 Å². The summed E-state index contributed by atoms with van der Waals surface area (Å²) in [4.78, 5) is 14.6. The van der Waals surface area contributed by atoms with Crippen molar-refractivity contribution in [2.75, 3.05) is 19.8 Å². The maximum atomic E-state index is 12.9. The number of hydrogen-bond acceptors (Lipinski definition) is 5. The van der Waals surface area contributed by atoms with Gasteiger partial charge in [-0.05, 0) is 32.8 Å². The zero-order chi connectivity index (χ0) is 18.8. The highest BCUT2D eigenvalue weighted by atomic mass is 16.7. The van der Waals surface area contributed by atoms with Gasteiger partial charge in [0.1, 0.15) is 5.60 Å². The molecule has 3 rings (SSSR count). The summed E-state index contributed by atoms with van der Waals surface area (Å²) in [6.45, 7) is 6.48. The number of nitrogens with zero attached hydrogens (tertiary/aromatic N) is 1. The van der Waals surface area contributed by atoms with Gasteiger partial charge in [0, 0.05) is 18.9 Å². The Hall–Kier alpha value is -1.63. The predicted octanol–water partition coefficient (Wildman–Crippen LogP) is 2.73. The van der Waals surface area contributed by atoms with Crippen molar-refractivity contribution in [3.8, 4) is 0 Å². The minimum Gasteiger partial charge on any atom is -0.444 e. The molecule has 1 spiro atoms. The van der Waals surface area contributed by atoms with Crippen molar-refractivity contribution in [2.45, 2.75) is 63.5 Å². The first-order valence-corrected chi connectivity index (χ1v) is 9.26. The second kappa shape index (κ2) is 7.55. The number of aliphatic hydroxyl groups excluding tert-OH is 1. The Morgan fingerprint density at radius 3 is 2.38 bits per heavy atom. The Bertz CT molecular complexity index is 606. The monoisotopic (exact) mass is 363 g/mol. The first-order valence-electron chi connectivity index (χ1n) is 9.26. The number of carbonyl (C=O) groups excluding carboxylic acids is 1. The van der Waals surface area contributed by atoms with Crippen LogP contribution in [0, 0.1) is 0 Å². The van der Waals surface area contributed by atoms with Gasteiger partial charge in [-0.1, -0.05) is 30.3 Å². The molecule has 1 amide bonds. The molecule has 2 saturated heterocycles. The number of carbonyl (C=O) groups is 1. The third-order valence-corrected chi connectivity index (χ3v) is 4.82. The highest BCUT2D eigenvalue weighted by Gasteiger charge is 2.50. The summed E-state index contributed by atoms with van der Waals surface area (Å²) in [6, 6.07) is 9.45. The number of ether oxygens (including phenoxy) is 3. The Balaban J connectivity index is 1.87. The van der Waals surface area contributed by atoms with Gasteiger partial charge in [-0.25, -0.2) is 4.79 Å². The van der Waals surface area contributed by atoms with Crippen molar-refractivity contribution in [2.24, 2.45) is 0 Å². The van der Waals surface area contributed by atoms with E-state index in [0.717, 1.165) is 5.56 Å². The molecule has 6 heteroatoms. The minimum atomic E-state index is -0.717. The van der Waals surface area contributed by atoms with Crippen molar-refractivity contribution in [3.63, 3.8) is 0 Å². The zero-order valence-corrected chi connectivity index (χ0v) is 15.8. The van der Waals surface area contributed by atoms with Crippen LogP contribution in [0.3, 0.4) is 0 Å². The third-order valence-electron chi connectivity index (χ3n) is 4.82. The van der Waals surface area contributed by atoms with Crippen molar-refractivity contribution < 1.29 is 24.1 Å². The third kappa shape index (κ3) is 4.37. The van der Waals surface area contributed by atoms with Crippen molar-refractivity contribution in [3.05, 3.63) is 35.9 Å². The molecular formula is C20H29NO5. The SMILES string of the molecule is CC(C)(C)OC(=O)N1[C@H](CO)CC2(C[C@@H]1Cc1ccccc1)OCCO2. The number of aliphatic hydroxyl groups is 1. The standard InChI is InChI=1S/C20H29NO5/c1-19(2,3)26-18(23)21-16(11-15-7-5-4-6-8-15)12-20(13-17(21)14-22)24-9-10-25-20/h4-8,16-17,22H,9-14H2,1-3H3/t16-,17-/m0/s1. The van der Waals surface area contributed by atoms with Gasteiger partial charge >= 0.3 is 6.09 Å². The maximum absolute atomic E-state index is 12.9. The van der Waals surface area contributed by atoms with E-state index in [-0.39, 0.29) is 12.6 Å². The molecule has 1 aromatic carbocycles. The van der Waals surface area contributed by atoms with Gasteiger partial charge in [0.2, 0.25) is 0 Å². The highest BCUT2D eigenvalue weighted by molar-refractivity contribution is 5.69. The summed E-state index contributed by atoms with van der Waals surface area (Å²) in [7, 11) is 0.